The van der Waals surface area contributed by atoms with Crippen molar-refractivity contribution < 1.29 is 24.1 Å². The van der Waals surface area contributed by atoms with Gasteiger partial charge in [-0.2, -0.15) is 0 Å². The molecule has 16 heavy (non-hydrogen) atoms. The quantitative estimate of drug-likeness (QED) is 0.759. The number of aryl methyl sites for hydroxylation is 1. The van der Waals surface area contributed by atoms with Gasteiger partial charge in [0.25, 0.3) is 0 Å². The first-order chi connectivity index (χ1) is 7.49. The highest BCUT2D eigenvalue weighted by atomic mass is 19.1. The minimum Gasteiger partial charge on any atom is -0.479 e. The van der Waals surface area contributed by atoms with Gasteiger partial charge in [-0.3, -0.25) is 0 Å². The first-order valence-corrected chi connectivity index (χ1v) is 4.86. The standard InChI is InChI=1S/C11H11FO4/c1-5-2-9-6(3-7(5)12)8(13)4-10(16-9)11(14)15/h2-3,8,10,13H,4H2,1H3,(H,14,15)/t8-,10-/m1/s1. The Morgan fingerprint density at radius 1 is 1.56 bits per heavy atom. The summed E-state index contributed by atoms with van der Waals surface area (Å²) in [7, 11) is 0. The highest BCUT2D eigenvalue weighted by molar-refractivity contribution is 5.73. The zero-order valence-corrected chi connectivity index (χ0v) is 8.61. The van der Waals surface area contributed by atoms with Gasteiger partial charge in [0.1, 0.15) is 11.6 Å². The van der Waals surface area contributed by atoms with Crippen molar-refractivity contribution >= 4 is 5.97 Å². The van der Waals surface area contributed by atoms with E-state index in [1.54, 1.807) is 6.92 Å². The number of carboxylic acid groups (broad SMARTS) is 1. The van der Waals surface area contributed by atoms with Gasteiger partial charge in [0.05, 0.1) is 6.10 Å². The average Bonchev–Trinajstić information content (AvgIpc) is 2.20. The third kappa shape index (κ3) is 1.74. The molecule has 0 fully saturated rings. The maximum Gasteiger partial charge on any atom is 0.345 e. The smallest absolute Gasteiger partial charge is 0.345 e. The fourth-order valence-corrected chi connectivity index (χ4v) is 1.72. The van der Waals surface area contributed by atoms with E-state index < -0.39 is 24.0 Å². The molecule has 0 saturated heterocycles. The lowest BCUT2D eigenvalue weighted by Crippen LogP contribution is -2.33. The molecule has 0 amide bonds. The number of rotatable bonds is 1. The van der Waals surface area contributed by atoms with Crippen molar-refractivity contribution in [3.05, 3.63) is 29.1 Å². The number of aliphatic hydroxyl groups excluding tert-OH is 1. The largest absolute Gasteiger partial charge is 0.479 e. The Balaban J connectivity index is 2.42. The third-order valence-electron chi connectivity index (χ3n) is 2.63. The van der Waals surface area contributed by atoms with Crippen molar-refractivity contribution in [2.75, 3.05) is 0 Å². The molecule has 0 unspecified atom stereocenters. The molecule has 2 rings (SSSR count). The van der Waals surface area contributed by atoms with E-state index in [0.717, 1.165) is 0 Å². The van der Waals surface area contributed by atoms with Gasteiger partial charge in [-0.1, -0.05) is 0 Å². The van der Waals surface area contributed by atoms with E-state index in [-0.39, 0.29) is 12.2 Å². The van der Waals surface area contributed by atoms with Crippen LogP contribution in [0.25, 0.3) is 0 Å². The lowest BCUT2D eigenvalue weighted by Gasteiger charge is -2.27. The zero-order chi connectivity index (χ0) is 11.9. The Kier molecular flexibility index (Phi) is 2.55. The minimum atomic E-state index is -1.13. The summed E-state index contributed by atoms with van der Waals surface area (Å²) in [6.07, 6.45) is -2.14. The summed E-state index contributed by atoms with van der Waals surface area (Å²) >= 11 is 0. The summed E-state index contributed by atoms with van der Waals surface area (Å²) in [5, 5.41) is 18.5. The number of halogens is 1. The first kappa shape index (κ1) is 10.9. The second-order valence-corrected chi connectivity index (χ2v) is 3.84. The molecule has 2 N–H and O–H groups in total. The fraction of sp³-hybridized carbons (Fsp3) is 0.364. The number of ether oxygens (including phenoxy) is 1. The van der Waals surface area contributed by atoms with Crippen LogP contribution in [0.1, 0.15) is 23.7 Å². The van der Waals surface area contributed by atoms with Gasteiger partial charge in [0.15, 0.2) is 6.10 Å². The van der Waals surface area contributed by atoms with Crippen molar-refractivity contribution in [3.8, 4) is 5.75 Å². The minimum absolute atomic E-state index is 0.0646. The lowest BCUT2D eigenvalue weighted by molar-refractivity contribution is -0.147. The Labute approximate surface area is 91.3 Å². The Bertz CT molecular complexity index is 444. The second kappa shape index (κ2) is 3.75. The molecule has 1 aromatic rings. The van der Waals surface area contributed by atoms with Crippen LogP contribution in [-0.4, -0.2) is 22.3 Å². The van der Waals surface area contributed by atoms with Crippen molar-refractivity contribution in [3.63, 3.8) is 0 Å². The van der Waals surface area contributed by atoms with Crippen LogP contribution in [0.15, 0.2) is 12.1 Å². The maximum atomic E-state index is 13.3. The van der Waals surface area contributed by atoms with Crippen LogP contribution in [0.3, 0.4) is 0 Å². The number of fused-ring (bicyclic) bond motifs is 1. The predicted molar refractivity (Wildman–Crippen MR) is 52.8 cm³/mol. The molecule has 0 aliphatic carbocycles. The van der Waals surface area contributed by atoms with Gasteiger partial charge in [0.2, 0.25) is 0 Å². The number of hydrogen-bond donors (Lipinski definition) is 2. The molecule has 0 bridgehead atoms. The van der Waals surface area contributed by atoms with Gasteiger partial charge < -0.3 is 14.9 Å². The van der Waals surface area contributed by atoms with Crippen LogP contribution in [-0.2, 0) is 4.79 Å². The molecular formula is C11H11FO4. The summed E-state index contributed by atoms with van der Waals surface area (Å²) in [5.41, 5.74) is 0.664. The summed E-state index contributed by atoms with van der Waals surface area (Å²) in [6, 6.07) is 2.59. The number of benzene rings is 1. The lowest BCUT2D eigenvalue weighted by atomic mass is 9.97. The summed E-state index contributed by atoms with van der Waals surface area (Å²) < 4.78 is 18.4. The normalized spacial score (nSPS) is 23.4. The van der Waals surface area contributed by atoms with Crippen LogP contribution in [0, 0.1) is 12.7 Å². The van der Waals surface area contributed by atoms with Crippen LogP contribution in [0.5, 0.6) is 5.75 Å². The van der Waals surface area contributed by atoms with E-state index in [2.05, 4.69) is 0 Å². The molecule has 86 valence electrons. The number of carboxylic acids is 1. The molecule has 2 atom stereocenters. The van der Waals surface area contributed by atoms with Gasteiger partial charge >= 0.3 is 5.97 Å². The molecular weight excluding hydrogens is 215 g/mol. The summed E-state index contributed by atoms with van der Waals surface area (Å²) in [5.74, 6) is -1.33. The van der Waals surface area contributed by atoms with Crippen molar-refractivity contribution in [2.45, 2.75) is 25.6 Å². The molecule has 0 spiro atoms. The predicted octanol–water partition coefficient (Wildman–Crippen LogP) is 1.40. The van der Waals surface area contributed by atoms with E-state index in [9.17, 15) is 14.3 Å². The molecule has 5 heteroatoms. The Morgan fingerprint density at radius 2 is 2.25 bits per heavy atom. The molecule has 0 saturated carbocycles. The summed E-state index contributed by atoms with van der Waals surface area (Å²) in [4.78, 5) is 10.8. The number of carbonyl (C=O) groups is 1. The maximum absolute atomic E-state index is 13.3. The fourth-order valence-electron chi connectivity index (χ4n) is 1.72. The van der Waals surface area contributed by atoms with Gasteiger partial charge in [-0.05, 0) is 24.6 Å². The van der Waals surface area contributed by atoms with E-state index >= 15 is 0 Å². The van der Waals surface area contributed by atoms with E-state index in [1.165, 1.54) is 12.1 Å². The molecule has 1 aromatic carbocycles. The van der Waals surface area contributed by atoms with Crippen LogP contribution < -0.4 is 4.74 Å². The SMILES string of the molecule is Cc1cc2c(cc1F)[C@H](O)C[C@H](C(=O)O)O2. The van der Waals surface area contributed by atoms with Gasteiger partial charge in [-0.15, -0.1) is 0 Å². The second-order valence-electron chi connectivity index (χ2n) is 3.84. The Hall–Kier alpha value is -1.62. The van der Waals surface area contributed by atoms with Crippen LogP contribution in [0.2, 0.25) is 0 Å². The monoisotopic (exact) mass is 226 g/mol. The zero-order valence-electron chi connectivity index (χ0n) is 8.61. The molecule has 1 aliphatic heterocycles. The average molecular weight is 226 g/mol. The first-order valence-electron chi connectivity index (χ1n) is 4.86. The van der Waals surface area contributed by atoms with Gasteiger partial charge in [-0.25, -0.2) is 9.18 Å². The molecule has 4 nitrogen and oxygen atoms in total. The van der Waals surface area contributed by atoms with E-state index in [4.69, 9.17) is 9.84 Å². The topological polar surface area (TPSA) is 66.8 Å². The number of hydrogen-bond acceptors (Lipinski definition) is 3. The van der Waals surface area contributed by atoms with Crippen molar-refractivity contribution in [1.82, 2.24) is 0 Å². The third-order valence-corrected chi connectivity index (χ3v) is 2.63. The highest BCUT2D eigenvalue weighted by Crippen LogP contribution is 2.36. The van der Waals surface area contributed by atoms with Crippen LogP contribution in [0.4, 0.5) is 4.39 Å². The van der Waals surface area contributed by atoms with Crippen molar-refractivity contribution in [1.29, 1.82) is 0 Å². The number of aliphatic hydroxyl groups is 1. The van der Waals surface area contributed by atoms with E-state index in [1.807, 2.05) is 0 Å². The van der Waals surface area contributed by atoms with Crippen molar-refractivity contribution in [2.24, 2.45) is 0 Å². The molecule has 1 heterocycles. The van der Waals surface area contributed by atoms with E-state index in [0.29, 0.717) is 11.1 Å². The van der Waals surface area contributed by atoms with Gasteiger partial charge in [0, 0.05) is 12.0 Å². The highest BCUT2D eigenvalue weighted by Gasteiger charge is 2.32. The molecule has 0 radical (unpaired) electrons. The summed E-state index contributed by atoms with van der Waals surface area (Å²) in [6.45, 7) is 1.55. The Morgan fingerprint density at radius 3 is 2.88 bits per heavy atom. The molecule has 0 aromatic heterocycles. The number of aliphatic carboxylic acids is 1. The molecule has 1 aliphatic rings. The van der Waals surface area contributed by atoms with Crippen LogP contribution >= 0.6 is 0 Å².